The van der Waals surface area contributed by atoms with E-state index < -0.39 is 36.6 Å². The third-order valence-electron chi connectivity index (χ3n) is 2.53. The second-order valence-corrected chi connectivity index (χ2v) is 3.56. The van der Waals surface area contributed by atoms with E-state index in [-0.39, 0.29) is 6.42 Å². The summed E-state index contributed by atoms with van der Waals surface area (Å²) in [6.45, 7) is -0.703. The molecule has 0 aromatic carbocycles. The first-order valence-corrected chi connectivity index (χ1v) is 4.05. The van der Waals surface area contributed by atoms with Crippen molar-refractivity contribution in [3.05, 3.63) is 0 Å². The fourth-order valence-electron chi connectivity index (χ4n) is 1.57. The van der Waals surface area contributed by atoms with Crippen molar-refractivity contribution < 1.29 is 25.5 Å². The lowest BCUT2D eigenvalue weighted by atomic mass is 9.77. The third-order valence-corrected chi connectivity index (χ3v) is 2.53. The Morgan fingerprint density at radius 2 is 1.77 bits per heavy atom. The Labute approximate surface area is 75.2 Å². The highest BCUT2D eigenvalue weighted by molar-refractivity contribution is 5.03. The fraction of sp³-hybridized carbons (Fsp3) is 1.00. The van der Waals surface area contributed by atoms with Crippen LogP contribution in [-0.4, -0.2) is 62.1 Å². The molecular weight excluding hydrogens is 178 g/mol. The Balaban J connectivity index is 2.82. The van der Waals surface area contributed by atoms with Crippen LogP contribution in [0.3, 0.4) is 0 Å². The molecule has 1 fully saturated rings. The summed E-state index contributed by atoms with van der Waals surface area (Å²) in [5, 5.41) is 46.1. The van der Waals surface area contributed by atoms with Crippen molar-refractivity contribution >= 4 is 0 Å². The van der Waals surface area contributed by atoms with Gasteiger partial charge in [0.05, 0.1) is 12.7 Å². The lowest BCUT2D eigenvalue weighted by Crippen LogP contribution is -2.66. The number of hydrogen-bond donors (Lipinski definition) is 6. The van der Waals surface area contributed by atoms with Crippen molar-refractivity contribution in [2.45, 2.75) is 36.4 Å². The highest BCUT2D eigenvalue weighted by atomic mass is 16.4. The maximum absolute atomic E-state index is 9.56. The van der Waals surface area contributed by atoms with E-state index in [9.17, 15) is 20.4 Å². The van der Waals surface area contributed by atoms with Gasteiger partial charge in [0.1, 0.15) is 17.8 Å². The van der Waals surface area contributed by atoms with Gasteiger partial charge in [0, 0.05) is 6.04 Å². The first-order chi connectivity index (χ1) is 5.92. The van der Waals surface area contributed by atoms with Crippen LogP contribution in [-0.2, 0) is 0 Å². The van der Waals surface area contributed by atoms with Crippen molar-refractivity contribution in [1.29, 1.82) is 0 Å². The fourth-order valence-corrected chi connectivity index (χ4v) is 1.57. The maximum atomic E-state index is 9.56. The lowest BCUT2D eigenvalue weighted by Gasteiger charge is -2.43. The number of aliphatic hydroxyl groups is 5. The molecule has 1 rings (SSSR count). The Morgan fingerprint density at radius 1 is 1.23 bits per heavy atom. The molecule has 0 spiro atoms. The van der Waals surface area contributed by atoms with Gasteiger partial charge < -0.3 is 31.3 Å². The van der Waals surface area contributed by atoms with Crippen molar-refractivity contribution in [1.82, 2.24) is 0 Å². The van der Waals surface area contributed by atoms with Gasteiger partial charge in [-0.3, -0.25) is 0 Å². The van der Waals surface area contributed by atoms with Crippen molar-refractivity contribution in [3.8, 4) is 0 Å². The van der Waals surface area contributed by atoms with Crippen molar-refractivity contribution in [2.24, 2.45) is 5.73 Å². The Morgan fingerprint density at radius 3 is 2.23 bits per heavy atom. The van der Waals surface area contributed by atoms with Gasteiger partial charge in [0.25, 0.3) is 0 Å². The molecule has 0 amide bonds. The van der Waals surface area contributed by atoms with E-state index in [2.05, 4.69) is 0 Å². The van der Waals surface area contributed by atoms with Gasteiger partial charge in [-0.2, -0.15) is 0 Å². The highest BCUT2D eigenvalue weighted by Crippen LogP contribution is 2.28. The normalized spacial score (nSPS) is 52.2. The molecule has 0 radical (unpaired) electrons. The minimum atomic E-state index is -1.82. The van der Waals surface area contributed by atoms with Gasteiger partial charge in [-0.25, -0.2) is 0 Å². The minimum Gasteiger partial charge on any atom is -0.393 e. The molecule has 7 N–H and O–H groups in total. The van der Waals surface area contributed by atoms with E-state index >= 15 is 0 Å². The van der Waals surface area contributed by atoms with Crippen LogP contribution in [0.2, 0.25) is 0 Å². The Kier molecular flexibility index (Phi) is 2.91. The van der Waals surface area contributed by atoms with E-state index in [1.54, 1.807) is 0 Å². The number of hydrogen-bond acceptors (Lipinski definition) is 6. The molecule has 0 aliphatic heterocycles. The average Bonchev–Trinajstić information content (AvgIpc) is 2.12. The third kappa shape index (κ3) is 1.69. The zero-order chi connectivity index (χ0) is 10.2. The molecule has 0 saturated heterocycles. The largest absolute Gasteiger partial charge is 0.393 e. The summed E-state index contributed by atoms with van der Waals surface area (Å²) in [6.07, 6.45) is -4.53. The van der Waals surface area contributed by atoms with E-state index in [1.165, 1.54) is 0 Å². The molecule has 0 aromatic rings. The van der Waals surface area contributed by atoms with Crippen LogP contribution in [0.15, 0.2) is 0 Å². The van der Waals surface area contributed by atoms with Gasteiger partial charge in [-0.15, -0.1) is 0 Å². The molecule has 13 heavy (non-hydrogen) atoms. The summed E-state index contributed by atoms with van der Waals surface area (Å²) >= 11 is 0. The molecule has 1 aliphatic carbocycles. The van der Waals surface area contributed by atoms with Crippen LogP contribution in [0.4, 0.5) is 0 Å². The van der Waals surface area contributed by atoms with E-state index in [4.69, 9.17) is 10.8 Å². The molecule has 1 aliphatic rings. The van der Waals surface area contributed by atoms with Crippen LogP contribution in [0.1, 0.15) is 6.42 Å². The van der Waals surface area contributed by atoms with Crippen LogP contribution < -0.4 is 5.73 Å². The number of nitrogens with two attached hydrogens (primary N) is 1. The van der Waals surface area contributed by atoms with Crippen LogP contribution in [0.25, 0.3) is 0 Å². The molecular formula is C7H15NO5. The van der Waals surface area contributed by atoms with Crippen LogP contribution >= 0.6 is 0 Å². The number of rotatable bonds is 1. The van der Waals surface area contributed by atoms with E-state index in [1.807, 2.05) is 0 Å². The Bertz CT molecular complexity index is 190. The molecule has 0 bridgehead atoms. The summed E-state index contributed by atoms with van der Waals surface area (Å²) in [5.41, 5.74) is 3.57. The van der Waals surface area contributed by atoms with Crippen molar-refractivity contribution in [3.63, 3.8) is 0 Å². The van der Waals surface area contributed by atoms with Gasteiger partial charge in [0.2, 0.25) is 0 Å². The van der Waals surface area contributed by atoms with Gasteiger partial charge in [-0.05, 0) is 6.42 Å². The predicted octanol–water partition coefficient (Wildman–Crippen LogP) is -3.48. The summed E-state index contributed by atoms with van der Waals surface area (Å²) < 4.78 is 0. The molecule has 1 saturated carbocycles. The molecule has 0 heterocycles. The van der Waals surface area contributed by atoms with E-state index in [0.717, 1.165) is 0 Å². The van der Waals surface area contributed by atoms with Crippen LogP contribution in [0.5, 0.6) is 0 Å². The van der Waals surface area contributed by atoms with Gasteiger partial charge in [-0.1, -0.05) is 0 Å². The van der Waals surface area contributed by atoms with Crippen molar-refractivity contribution in [2.75, 3.05) is 6.61 Å². The lowest BCUT2D eigenvalue weighted by molar-refractivity contribution is -0.203. The predicted molar refractivity (Wildman–Crippen MR) is 42.6 cm³/mol. The van der Waals surface area contributed by atoms with E-state index in [0.29, 0.717) is 0 Å². The molecule has 6 heteroatoms. The smallest absolute Gasteiger partial charge is 0.118 e. The summed E-state index contributed by atoms with van der Waals surface area (Å²) in [4.78, 5) is 0. The SMILES string of the molecule is N[C@H]1CC(O)(CO)[C@@H](O)C(O)C1O. The second-order valence-electron chi connectivity index (χ2n) is 3.56. The molecule has 3 unspecified atom stereocenters. The highest BCUT2D eigenvalue weighted by Gasteiger charge is 2.49. The second kappa shape index (κ2) is 3.49. The summed E-state index contributed by atoms with van der Waals surface area (Å²) in [7, 11) is 0. The minimum absolute atomic E-state index is 0.150. The molecule has 0 aromatic heterocycles. The van der Waals surface area contributed by atoms with Crippen LogP contribution in [0, 0.1) is 0 Å². The molecule has 5 atom stereocenters. The number of aliphatic hydroxyl groups excluding tert-OH is 4. The first-order valence-electron chi connectivity index (χ1n) is 4.05. The standard InChI is InChI=1S/C7H15NO5/c8-3-1-7(13,2-9)6(12)5(11)4(3)10/h3-6,9-13H,1-2,8H2/t3-,4?,5?,6-,7?/m0/s1. The molecule has 6 nitrogen and oxygen atoms in total. The quantitative estimate of drug-likeness (QED) is 0.257. The summed E-state index contributed by atoms with van der Waals surface area (Å²) in [5.74, 6) is 0. The molecule has 78 valence electrons. The maximum Gasteiger partial charge on any atom is 0.118 e. The average molecular weight is 193 g/mol. The summed E-state index contributed by atoms with van der Waals surface area (Å²) in [6, 6.07) is -0.851. The monoisotopic (exact) mass is 193 g/mol. The Hall–Kier alpha value is -0.240. The van der Waals surface area contributed by atoms with Gasteiger partial charge >= 0.3 is 0 Å². The first kappa shape index (κ1) is 10.8. The zero-order valence-corrected chi connectivity index (χ0v) is 7.04. The zero-order valence-electron chi connectivity index (χ0n) is 7.04. The topological polar surface area (TPSA) is 127 Å². The van der Waals surface area contributed by atoms with Gasteiger partial charge in [0.15, 0.2) is 0 Å².